The van der Waals surface area contributed by atoms with Gasteiger partial charge in [-0.2, -0.15) is 0 Å². The fraction of sp³-hybridized carbons (Fsp3) is 0.455. The first-order valence-corrected chi connectivity index (χ1v) is 4.75. The lowest BCUT2D eigenvalue weighted by Gasteiger charge is -2.26. The van der Waals surface area contributed by atoms with Crippen LogP contribution >= 0.6 is 0 Å². The van der Waals surface area contributed by atoms with Gasteiger partial charge in [-0.1, -0.05) is 0 Å². The zero-order chi connectivity index (χ0) is 10.7. The van der Waals surface area contributed by atoms with E-state index in [-0.39, 0.29) is 12.6 Å². The molecule has 0 aromatic heterocycles. The predicted molar refractivity (Wildman–Crippen MR) is 60.5 cm³/mol. The normalized spacial score (nSPS) is 12.6. The molecule has 1 aromatic carbocycles. The van der Waals surface area contributed by atoms with E-state index in [1.165, 1.54) is 0 Å². The van der Waals surface area contributed by atoms with Crippen molar-refractivity contribution in [2.24, 2.45) is 0 Å². The van der Waals surface area contributed by atoms with Crippen LogP contribution in [0, 0.1) is 6.92 Å². The van der Waals surface area contributed by atoms with E-state index in [9.17, 15) is 0 Å². The minimum absolute atomic E-state index is 0.108. The Bertz CT molecular complexity index is 292. The van der Waals surface area contributed by atoms with Crippen LogP contribution in [0.2, 0.25) is 0 Å². The first-order chi connectivity index (χ1) is 6.54. The minimum atomic E-state index is 0.108. The molecule has 0 aliphatic heterocycles. The summed E-state index contributed by atoms with van der Waals surface area (Å²) in [5.41, 5.74) is 8.69. The molecule has 0 radical (unpaired) electrons. The summed E-state index contributed by atoms with van der Waals surface area (Å²) < 4.78 is 0. The summed E-state index contributed by atoms with van der Waals surface area (Å²) in [5.74, 6) is 0. The number of nitrogen functional groups attached to an aromatic ring is 1. The molecule has 1 rings (SSSR count). The van der Waals surface area contributed by atoms with Crippen LogP contribution in [0.1, 0.15) is 12.5 Å². The number of aliphatic hydroxyl groups excluding tert-OH is 1. The van der Waals surface area contributed by atoms with Crippen LogP contribution in [0.5, 0.6) is 0 Å². The van der Waals surface area contributed by atoms with Crippen LogP contribution in [-0.4, -0.2) is 24.8 Å². The van der Waals surface area contributed by atoms with E-state index >= 15 is 0 Å². The number of anilines is 2. The highest BCUT2D eigenvalue weighted by Crippen LogP contribution is 2.20. The SMILES string of the molecule is Cc1cc(N)cc(N(C)C(C)CO)c1. The molecule has 3 heteroatoms. The first kappa shape index (κ1) is 10.9. The van der Waals surface area contributed by atoms with Gasteiger partial charge in [-0.05, 0) is 37.6 Å². The highest BCUT2D eigenvalue weighted by Gasteiger charge is 2.09. The molecule has 3 N–H and O–H groups in total. The molecular weight excluding hydrogens is 176 g/mol. The molecule has 0 spiro atoms. The van der Waals surface area contributed by atoms with Gasteiger partial charge < -0.3 is 15.7 Å². The van der Waals surface area contributed by atoms with Crippen LogP contribution < -0.4 is 10.6 Å². The molecule has 3 nitrogen and oxygen atoms in total. The monoisotopic (exact) mass is 194 g/mol. The molecule has 0 saturated heterocycles. The van der Waals surface area contributed by atoms with E-state index in [0.717, 1.165) is 16.9 Å². The van der Waals surface area contributed by atoms with Gasteiger partial charge in [0.2, 0.25) is 0 Å². The van der Waals surface area contributed by atoms with Crippen molar-refractivity contribution in [1.29, 1.82) is 0 Å². The molecule has 0 bridgehead atoms. The van der Waals surface area contributed by atoms with Crippen LogP contribution in [0.4, 0.5) is 11.4 Å². The van der Waals surface area contributed by atoms with E-state index in [0.29, 0.717) is 0 Å². The molecule has 78 valence electrons. The fourth-order valence-electron chi connectivity index (χ4n) is 1.37. The average Bonchev–Trinajstić information content (AvgIpc) is 2.14. The minimum Gasteiger partial charge on any atom is -0.399 e. The van der Waals surface area contributed by atoms with Crippen molar-refractivity contribution in [3.8, 4) is 0 Å². The van der Waals surface area contributed by atoms with Crippen molar-refractivity contribution >= 4 is 11.4 Å². The Morgan fingerprint density at radius 1 is 1.43 bits per heavy atom. The van der Waals surface area contributed by atoms with E-state index in [2.05, 4.69) is 6.07 Å². The zero-order valence-electron chi connectivity index (χ0n) is 8.99. The van der Waals surface area contributed by atoms with Crippen molar-refractivity contribution in [3.05, 3.63) is 23.8 Å². The van der Waals surface area contributed by atoms with Crippen LogP contribution in [0.15, 0.2) is 18.2 Å². The summed E-state index contributed by atoms with van der Waals surface area (Å²) in [6.07, 6.45) is 0. The summed E-state index contributed by atoms with van der Waals surface area (Å²) in [4.78, 5) is 2.02. The Hall–Kier alpha value is -1.22. The average molecular weight is 194 g/mol. The topological polar surface area (TPSA) is 49.5 Å². The zero-order valence-corrected chi connectivity index (χ0v) is 8.99. The lowest BCUT2D eigenvalue weighted by atomic mass is 10.1. The van der Waals surface area contributed by atoms with Crippen LogP contribution in [0.3, 0.4) is 0 Å². The van der Waals surface area contributed by atoms with Gasteiger partial charge >= 0.3 is 0 Å². The van der Waals surface area contributed by atoms with Crippen molar-refractivity contribution in [2.45, 2.75) is 19.9 Å². The fourth-order valence-corrected chi connectivity index (χ4v) is 1.37. The Balaban J connectivity index is 2.94. The lowest BCUT2D eigenvalue weighted by molar-refractivity contribution is 0.270. The molecule has 1 atom stereocenters. The number of rotatable bonds is 3. The number of benzene rings is 1. The van der Waals surface area contributed by atoms with Gasteiger partial charge in [0, 0.05) is 24.5 Å². The largest absolute Gasteiger partial charge is 0.399 e. The molecule has 0 saturated carbocycles. The molecule has 0 aliphatic rings. The van der Waals surface area contributed by atoms with Gasteiger partial charge in [0.1, 0.15) is 0 Å². The second kappa shape index (κ2) is 4.33. The van der Waals surface area contributed by atoms with Crippen molar-refractivity contribution < 1.29 is 5.11 Å². The molecular formula is C11H18N2O. The van der Waals surface area contributed by atoms with Crippen LogP contribution in [0.25, 0.3) is 0 Å². The molecule has 14 heavy (non-hydrogen) atoms. The van der Waals surface area contributed by atoms with Crippen molar-refractivity contribution in [2.75, 3.05) is 24.3 Å². The smallest absolute Gasteiger partial charge is 0.0632 e. The highest BCUT2D eigenvalue weighted by molar-refractivity contribution is 5.58. The maximum absolute atomic E-state index is 9.03. The summed E-state index contributed by atoms with van der Waals surface area (Å²) in [6.45, 7) is 4.13. The standard InChI is InChI=1S/C11H18N2O/c1-8-4-10(12)6-11(5-8)13(3)9(2)7-14/h4-6,9,14H,7,12H2,1-3H3. The van der Waals surface area contributed by atoms with Gasteiger partial charge in [0.05, 0.1) is 6.61 Å². The lowest BCUT2D eigenvalue weighted by Crippen LogP contribution is -2.31. The number of hydrogen-bond acceptors (Lipinski definition) is 3. The molecule has 1 aromatic rings. The van der Waals surface area contributed by atoms with Gasteiger partial charge in [0.15, 0.2) is 0 Å². The number of nitrogens with two attached hydrogens (primary N) is 1. The van der Waals surface area contributed by atoms with E-state index in [1.54, 1.807) is 0 Å². The predicted octanol–water partition coefficient (Wildman–Crippen LogP) is 1.39. The number of aryl methyl sites for hydroxylation is 1. The van der Waals surface area contributed by atoms with Crippen molar-refractivity contribution in [3.63, 3.8) is 0 Å². The maximum Gasteiger partial charge on any atom is 0.0632 e. The second-order valence-electron chi connectivity index (χ2n) is 3.74. The van der Waals surface area contributed by atoms with Gasteiger partial charge in [0.25, 0.3) is 0 Å². The first-order valence-electron chi connectivity index (χ1n) is 4.75. The Labute approximate surface area is 85.2 Å². The van der Waals surface area contributed by atoms with E-state index in [1.807, 2.05) is 37.9 Å². The molecule has 0 fully saturated rings. The number of nitrogens with zero attached hydrogens (tertiary/aromatic N) is 1. The number of hydrogen-bond donors (Lipinski definition) is 2. The number of aliphatic hydroxyl groups is 1. The quantitative estimate of drug-likeness (QED) is 0.715. The van der Waals surface area contributed by atoms with Gasteiger partial charge in [-0.15, -0.1) is 0 Å². The maximum atomic E-state index is 9.03. The Morgan fingerprint density at radius 2 is 2.07 bits per heavy atom. The third-order valence-electron chi connectivity index (χ3n) is 2.42. The van der Waals surface area contributed by atoms with Crippen LogP contribution in [-0.2, 0) is 0 Å². The molecule has 0 aliphatic carbocycles. The molecule has 0 heterocycles. The number of likely N-dealkylation sites (N-methyl/N-ethyl adjacent to an activating group) is 1. The molecule has 0 amide bonds. The molecule has 1 unspecified atom stereocenters. The van der Waals surface area contributed by atoms with E-state index < -0.39 is 0 Å². The van der Waals surface area contributed by atoms with Gasteiger partial charge in [-0.3, -0.25) is 0 Å². The summed E-state index contributed by atoms with van der Waals surface area (Å²) in [6, 6.07) is 6.01. The second-order valence-corrected chi connectivity index (χ2v) is 3.74. The van der Waals surface area contributed by atoms with Crippen molar-refractivity contribution in [1.82, 2.24) is 0 Å². The summed E-state index contributed by atoms with van der Waals surface area (Å²) in [5, 5.41) is 9.03. The third kappa shape index (κ3) is 2.39. The highest BCUT2D eigenvalue weighted by atomic mass is 16.3. The third-order valence-corrected chi connectivity index (χ3v) is 2.42. The summed E-state index contributed by atoms with van der Waals surface area (Å²) >= 11 is 0. The Morgan fingerprint density at radius 3 is 2.57 bits per heavy atom. The van der Waals surface area contributed by atoms with Gasteiger partial charge in [-0.25, -0.2) is 0 Å². The Kier molecular flexibility index (Phi) is 3.36. The summed E-state index contributed by atoms with van der Waals surface area (Å²) in [7, 11) is 1.95. The van der Waals surface area contributed by atoms with E-state index in [4.69, 9.17) is 10.8 Å².